The summed E-state index contributed by atoms with van der Waals surface area (Å²) in [4.78, 5) is 65.9. The van der Waals surface area contributed by atoms with Crippen LogP contribution in [0.5, 0.6) is 0 Å². The zero-order chi connectivity index (χ0) is 23.6. The summed E-state index contributed by atoms with van der Waals surface area (Å²) in [6, 6.07) is -5.49. The Bertz CT molecular complexity index is 789. The number of thiol groups is 1. The van der Waals surface area contributed by atoms with Gasteiger partial charge in [0.15, 0.2) is 0 Å². The number of aliphatic carboxylic acids is 1. The Morgan fingerprint density at radius 1 is 1.06 bits per heavy atom. The molecular weight excluding hydrogens is 434 g/mol. The minimum Gasteiger partial charge on any atom is -0.480 e. The van der Waals surface area contributed by atoms with Crippen molar-refractivity contribution in [3.8, 4) is 0 Å². The maximum Gasteiger partial charge on any atom is 0.326 e. The number of primary amides is 1. The van der Waals surface area contributed by atoms with Gasteiger partial charge in [-0.1, -0.05) is 0 Å². The molecule has 0 spiro atoms. The molecule has 0 aliphatic rings. The number of H-pyrrole nitrogens is 1. The third-order valence-corrected chi connectivity index (χ3v) is 4.37. The quantitative estimate of drug-likeness (QED) is 0.129. The van der Waals surface area contributed by atoms with Crippen molar-refractivity contribution in [3.63, 3.8) is 0 Å². The van der Waals surface area contributed by atoms with E-state index in [1.54, 1.807) is 0 Å². The lowest BCUT2D eigenvalue weighted by atomic mass is 10.1. The lowest BCUT2D eigenvalue weighted by molar-refractivity contribution is -0.142. The molecule has 1 rings (SSSR count). The zero-order valence-electron chi connectivity index (χ0n) is 16.3. The first-order valence-electron chi connectivity index (χ1n) is 8.95. The summed E-state index contributed by atoms with van der Waals surface area (Å²) < 4.78 is 0. The predicted octanol–water partition coefficient (Wildman–Crippen LogP) is -4.38. The van der Waals surface area contributed by atoms with Crippen LogP contribution in [0.25, 0.3) is 0 Å². The number of carboxylic acids is 1. The summed E-state index contributed by atoms with van der Waals surface area (Å²) in [5.41, 5.74) is 11.0. The molecule has 0 aliphatic heterocycles. The molecule has 1 aromatic heterocycles. The van der Waals surface area contributed by atoms with Gasteiger partial charge in [0, 0.05) is 24.1 Å². The van der Waals surface area contributed by atoms with Crippen LogP contribution in [-0.4, -0.2) is 86.3 Å². The molecule has 15 heteroatoms. The van der Waals surface area contributed by atoms with Crippen LogP contribution in [0.3, 0.4) is 0 Å². The van der Waals surface area contributed by atoms with E-state index < -0.39 is 66.8 Å². The molecule has 0 saturated heterocycles. The van der Waals surface area contributed by atoms with E-state index in [0.717, 1.165) is 0 Å². The van der Waals surface area contributed by atoms with Crippen molar-refractivity contribution in [2.75, 3.05) is 12.4 Å². The van der Waals surface area contributed by atoms with Crippen LogP contribution in [-0.2, 0) is 30.4 Å². The number of carbonyl (C=O) groups is 5. The highest BCUT2D eigenvalue weighted by molar-refractivity contribution is 7.80. The third kappa shape index (κ3) is 8.61. The van der Waals surface area contributed by atoms with E-state index in [0.29, 0.717) is 5.69 Å². The molecular formula is C16H25N7O7S. The van der Waals surface area contributed by atoms with Gasteiger partial charge in [0.1, 0.15) is 18.1 Å². The van der Waals surface area contributed by atoms with E-state index in [-0.39, 0.29) is 12.2 Å². The molecule has 0 saturated carbocycles. The number of hydrogen-bond donors (Lipinski definition) is 9. The lowest BCUT2D eigenvalue weighted by Gasteiger charge is -2.23. The number of aromatic nitrogens is 2. The number of hydrogen-bond acceptors (Lipinski definition) is 9. The summed E-state index contributed by atoms with van der Waals surface area (Å²) in [5, 5.41) is 25.3. The number of nitrogens with two attached hydrogens (primary N) is 2. The van der Waals surface area contributed by atoms with Crippen LogP contribution < -0.4 is 27.4 Å². The average molecular weight is 459 g/mol. The number of carbonyl (C=O) groups excluding carboxylic acids is 4. The van der Waals surface area contributed by atoms with Gasteiger partial charge in [-0.3, -0.25) is 19.2 Å². The van der Waals surface area contributed by atoms with Gasteiger partial charge in [0.05, 0.1) is 25.4 Å². The molecule has 0 radical (unpaired) electrons. The molecule has 31 heavy (non-hydrogen) atoms. The smallest absolute Gasteiger partial charge is 0.326 e. The molecule has 14 nitrogen and oxygen atoms in total. The Labute approximate surface area is 181 Å². The molecule has 0 fully saturated rings. The largest absolute Gasteiger partial charge is 0.480 e. The second-order valence-electron chi connectivity index (χ2n) is 6.44. The van der Waals surface area contributed by atoms with Crippen molar-refractivity contribution in [3.05, 3.63) is 18.2 Å². The van der Waals surface area contributed by atoms with E-state index in [1.807, 2.05) is 0 Å². The predicted molar refractivity (Wildman–Crippen MR) is 108 cm³/mol. The molecule has 4 atom stereocenters. The highest BCUT2D eigenvalue weighted by Crippen LogP contribution is 2.01. The van der Waals surface area contributed by atoms with Gasteiger partial charge < -0.3 is 42.6 Å². The number of nitrogens with one attached hydrogen (secondary N) is 4. The summed E-state index contributed by atoms with van der Waals surface area (Å²) in [5.74, 6) is -5.11. The van der Waals surface area contributed by atoms with E-state index in [4.69, 9.17) is 11.5 Å². The van der Waals surface area contributed by atoms with Gasteiger partial charge in [0.25, 0.3) is 0 Å². The number of rotatable bonds is 13. The highest BCUT2D eigenvalue weighted by atomic mass is 32.1. The van der Waals surface area contributed by atoms with Crippen LogP contribution in [0.15, 0.2) is 12.5 Å². The molecule has 172 valence electrons. The molecule has 10 N–H and O–H groups in total. The molecule has 4 amide bonds. The number of aromatic amines is 1. The van der Waals surface area contributed by atoms with Crippen molar-refractivity contribution in [2.24, 2.45) is 11.5 Å². The zero-order valence-corrected chi connectivity index (χ0v) is 17.2. The van der Waals surface area contributed by atoms with Crippen LogP contribution >= 0.6 is 12.6 Å². The number of aliphatic hydroxyl groups is 1. The Morgan fingerprint density at radius 2 is 1.65 bits per heavy atom. The fourth-order valence-corrected chi connectivity index (χ4v) is 2.49. The molecule has 0 aromatic carbocycles. The number of nitrogens with zero attached hydrogens (tertiary/aromatic N) is 1. The summed E-state index contributed by atoms with van der Waals surface area (Å²) in [6.45, 7) is -0.888. The molecule has 0 aliphatic carbocycles. The SMILES string of the molecule is NC(=O)CC(NC(=O)C(N)CS)C(=O)NC(CO)C(=O)NC(Cc1cnc[nH]1)C(=O)O. The highest BCUT2D eigenvalue weighted by Gasteiger charge is 2.30. The summed E-state index contributed by atoms with van der Waals surface area (Å²) in [6.07, 6.45) is 1.98. The number of imidazole rings is 1. The van der Waals surface area contributed by atoms with Gasteiger partial charge in [-0.05, 0) is 0 Å². The van der Waals surface area contributed by atoms with E-state index in [2.05, 4.69) is 38.5 Å². The summed E-state index contributed by atoms with van der Waals surface area (Å²) >= 11 is 3.86. The van der Waals surface area contributed by atoms with Crippen molar-refractivity contribution < 1.29 is 34.2 Å². The molecule has 0 bridgehead atoms. The third-order valence-electron chi connectivity index (χ3n) is 3.98. The topological polar surface area (TPSA) is 243 Å². The fourth-order valence-electron chi connectivity index (χ4n) is 2.33. The second-order valence-corrected chi connectivity index (χ2v) is 6.81. The monoisotopic (exact) mass is 459 g/mol. The van der Waals surface area contributed by atoms with Crippen LogP contribution in [0.2, 0.25) is 0 Å². The first kappa shape index (κ1) is 25.9. The second kappa shape index (κ2) is 12.5. The molecule has 1 heterocycles. The maximum atomic E-state index is 12.5. The van der Waals surface area contributed by atoms with Gasteiger partial charge >= 0.3 is 5.97 Å². The minimum absolute atomic E-state index is 0.0364. The number of carboxylic acid groups (broad SMARTS) is 1. The standard InChI is InChI=1S/C16H25N7O7S/c17-8(5-31)13(26)21-9(2-12(18)25)14(27)23-11(4-24)15(28)22-10(16(29)30)1-7-3-19-6-20-7/h3,6,8-11,24,31H,1-2,4-5,17H2,(H2,18,25)(H,19,20)(H,21,26)(H,22,28)(H,23,27)(H,29,30). The fraction of sp³-hybridized carbons (Fsp3) is 0.500. The first-order chi connectivity index (χ1) is 14.6. The lowest BCUT2D eigenvalue weighted by Crippen LogP contribution is -2.59. The molecule has 1 aromatic rings. The van der Waals surface area contributed by atoms with Crippen LogP contribution in [0.1, 0.15) is 12.1 Å². The van der Waals surface area contributed by atoms with Crippen molar-refractivity contribution in [1.29, 1.82) is 0 Å². The molecule has 4 unspecified atom stereocenters. The van der Waals surface area contributed by atoms with E-state index >= 15 is 0 Å². The van der Waals surface area contributed by atoms with E-state index in [1.165, 1.54) is 12.5 Å². The number of amides is 4. The van der Waals surface area contributed by atoms with Crippen molar-refractivity contribution in [1.82, 2.24) is 25.9 Å². The summed E-state index contributed by atoms with van der Waals surface area (Å²) in [7, 11) is 0. The maximum absolute atomic E-state index is 12.5. The number of aliphatic hydroxyl groups excluding tert-OH is 1. The minimum atomic E-state index is -1.57. The Balaban J connectivity index is 2.84. The first-order valence-corrected chi connectivity index (χ1v) is 9.59. The average Bonchev–Trinajstić information content (AvgIpc) is 3.22. The Hall–Kier alpha value is -3.17. The van der Waals surface area contributed by atoms with Gasteiger partial charge in [-0.2, -0.15) is 12.6 Å². The van der Waals surface area contributed by atoms with Crippen LogP contribution in [0, 0.1) is 0 Å². The van der Waals surface area contributed by atoms with E-state index in [9.17, 15) is 34.2 Å². The van der Waals surface area contributed by atoms with Crippen LogP contribution in [0.4, 0.5) is 0 Å². The van der Waals surface area contributed by atoms with Crippen molar-refractivity contribution in [2.45, 2.75) is 37.0 Å². The van der Waals surface area contributed by atoms with Gasteiger partial charge in [0.2, 0.25) is 23.6 Å². The van der Waals surface area contributed by atoms with Crippen molar-refractivity contribution >= 4 is 42.2 Å². The van der Waals surface area contributed by atoms with Gasteiger partial charge in [-0.25, -0.2) is 9.78 Å². The normalized spacial score (nSPS) is 14.5. The Morgan fingerprint density at radius 3 is 2.13 bits per heavy atom. The Kier molecular flexibility index (Phi) is 10.4. The van der Waals surface area contributed by atoms with Gasteiger partial charge in [-0.15, -0.1) is 0 Å².